The van der Waals surface area contributed by atoms with Crippen molar-refractivity contribution < 1.29 is 14.3 Å². The van der Waals surface area contributed by atoms with E-state index >= 15 is 0 Å². The summed E-state index contributed by atoms with van der Waals surface area (Å²) >= 11 is 0. The van der Waals surface area contributed by atoms with Gasteiger partial charge in [-0.2, -0.15) is 5.26 Å². The second-order valence-electron chi connectivity index (χ2n) is 5.29. The van der Waals surface area contributed by atoms with Crippen LogP contribution < -0.4 is 0 Å². The number of hydrogen-bond acceptors (Lipinski definition) is 4. The van der Waals surface area contributed by atoms with Gasteiger partial charge in [-0.25, -0.2) is 4.39 Å². The summed E-state index contributed by atoms with van der Waals surface area (Å²) in [6.07, 6.45) is 0. The van der Waals surface area contributed by atoms with E-state index in [0.717, 1.165) is 18.7 Å². The van der Waals surface area contributed by atoms with Crippen molar-refractivity contribution >= 4 is 5.97 Å². The molecule has 1 atom stereocenters. The lowest BCUT2D eigenvalue weighted by Crippen LogP contribution is -2.51. The van der Waals surface area contributed by atoms with Crippen molar-refractivity contribution in [3.63, 3.8) is 0 Å². The molecule has 1 aliphatic rings. The van der Waals surface area contributed by atoms with Gasteiger partial charge in [-0.3, -0.25) is 14.6 Å². The van der Waals surface area contributed by atoms with Crippen LogP contribution in [0, 0.1) is 17.1 Å². The molecule has 0 aromatic heterocycles. The molecule has 21 heavy (non-hydrogen) atoms. The molecule has 1 heterocycles. The highest BCUT2D eigenvalue weighted by molar-refractivity contribution is 5.72. The largest absolute Gasteiger partial charge is 0.480 e. The number of nitrogens with zero attached hydrogens (tertiary/aromatic N) is 3. The van der Waals surface area contributed by atoms with E-state index in [1.54, 1.807) is 13.0 Å². The quantitative estimate of drug-likeness (QED) is 0.905. The minimum atomic E-state index is -0.813. The number of carboxylic acids is 1. The first-order chi connectivity index (χ1) is 9.99. The van der Waals surface area contributed by atoms with Crippen LogP contribution in [0.1, 0.15) is 18.1 Å². The van der Waals surface area contributed by atoms with Crippen LogP contribution >= 0.6 is 0 Å². The predicted octanol–water partition coefficient (Wildman–Crippen LogP) is 1.29. The predicted molar refractivity (Wildman–Crippen MR) is 75.1 cm³/mol. The number of carbonyl (C=O) groups is 1. The lowest BCUT2D eigenvalue weighted by Gasteiger charge is -2.36. The second kappa shape index (κ2) is 6.66. The third-order valence-electron chi connectivity index (χ3n) is 3.80. The fourth-order valence-electron chi connectivity index (χ4n) is 2.53. The van der Waals surface area contributed by atoms with Gasteiger partial charge in [0, 0.05) is 32.7 Å². The molecule has 0 radical (unpaired) electrons. The number of hydrogen-bond donors (Lipinski definition) is 1. The van der Waals surface area contributed by atoms with Crippen LogP contribution in [-0.2, 0) is 11.3 Å². The van der Waals surface area contributed by atoms with E-state index in [9.17, 15) is 9.18 Å². The number of nitriles is 1. The van der Waals surface area contributed by atoms with Gasteiger partial charge in [0.1, 0.15) is 11.9 Å². The van der Waals surface area contributed by atoms with E-state index in [1.165, 1.54) is 12.1 Å². The summed E-state index contributed by atoms with van der Waals surface area (Å²) in [6, 6.07) is 5.81. The van der Waals surface area contributed by atoms with Gasteiger partial charge >= 0.3 is 5.97 Å². The summed E-state index contributed by atoms with van der Waals surface area (Å²) < 4.78 is 13.4. The first-order valence-corrected chi connectivity index (χ1v) is 6.88. The topological polar surface area (TPSA) is 67.6 Å². The zero-order chi connectivity index (χ0) is 15.4. The van der Waals surface area contributed by atoms with Crippen LogP contribution in [0.2, 0.25) is 0 Å². The molecule has 1 unspecified atom stereocenters. The maximum Gasteiger partial charge on any atom is 0.320 e. The molecule has 1 aromatic carbocycles. The summed E-state index contributed by atoms with van der Waals surface area (Å²) in [6.45, 7) is 5.07. The van der Waals surface area contributed by atoms with E-state index in [2.05, 4.69) is 4.90 Å². The Morgan fingerprint density at radius 2 is 2.05 bits per heavy atom. The third kappa shape index (κ3) is 4.00. The summed E-state index contributed by atoms with van der Waals surface area (Å²) in [5.41, 5.74) is 1.09. The highest BCUT2D eigenvalue weighted by Gasteiger charge is 2.25. The molecule has 1 saturated heterocycles. The lowest BCUT2D eigenvalue weighted by molar-refractivity contribution is -0.143. The Morgan fingerprint density at radius 3 is 2.62 bits per heavy atom. The normalized spacial score (nSPS) is 18.1. The Kier molecular flexibility index (Phi) is 4.89. The average molecular weight is 291 g/mol. The number of aliphatic carboxylic acids is 1. The van der Waals surface area contributed by atoms with E-state index in [1.807, 2.05) is 11.0 Å². The van der Waals surface area contributed by atoms with Gasteiger partial charge in [-0.1, -0.05) is 0 Å². The molecule has 0 amide bonds. The molecule has 0 saturated carbocycles. The maximum atomic E-state index is 13.4. The Hall–Kier alpha value is -1.97. The average Bonchev–Trinajstić information content (AvgIpc) is 2.46. The van der Waals surface area contributed by atoms with Crippen LogP contribution in [-0.4, -0.2) is 53.1 Å². The molecule has 1 aromatic rings. The van der Waals surface area contributed by atoms with E-state index in [-0.39, 0.29) is 0 Å². The molecule has 1 fully saturated rings. The first kappa shape index (κ1) is 15.4. The van der Waals surface area contributed by atoms with Crippen LogP contribution in [0.25, 0.3) is 0 Å². The Morgan fingerprint density at radius 1 is 1.38 bits per heavy atom. The second-order valence-corrected chi connectivity index (χ2v) is 5.29. The molecule has 5 nitrogen and oxygen atoms in total. The smallest absolute Gasteiger partial charge is 0.320 e. The van der Waals surface area contributed by atoms with Gasteiger partial charge < -0.3 is 5.11 Å². The molecule has 1 N–H and O–H groups in total. The molecular weight excluding hydrogens is 273 g/mol. The summed E-state index contributed by atoms with van der Waals surface area (Å²) in [4.78, 5) is 15.0. The fraction of sp³-hybridized carbons (Fsp3) is 0.467. The van der Waals surface area contributed by atoms with Gasteiger partial charge in [0.25, 0.3) is 0 Å². The monoisotopic (exact) mass is 291 g/mol. The van der Waals surface area contributed by atoms with Crippen LogP contribution in [0.5, 0.6) is 0 Å². The summed E-state index contributed by atoms with van der Waals surface area (Å²) in [7, 11) is 0. The van der Waals surface area contributed by atoms with Crippen molar-refractivity contribution in [1.82, 2.24) is 9.80 Å². The van der Waals surface area contributed by atoms with Crippen LogP contribution in [0.3, 0.4) is 0 Å². The SMILES string of the molecule is CC(C(=O)O)N1CCN(Cc2cc(F)cc(C#N)c2)CC1. The number of carboxylic acid groups (broad SMARTS) is 1. The van der Waals surface area contributed by atoms with E-state index < -0.39 is 17.8 Å². The van der Waals surface area contributed by atoms with Gasteiger partial charge in [0.2, 0.25) is 0 Å². The molecule has 1 aliphatic heterocycles. The van der Waals surface area contributed by atoms with Crippen molar-refractivity contribution in [1.29, 1.82) is 5.26 Å². The van der Waals surface area contributed by atoms with E-state index in [4.69, 9.17) is 10.4 Å². The first-order valence-electron chi connectivity index (χ1n) is 6.88. The van der Waals surface area contributed by atoms with Crippen molar-refractivity contribution in [3.05, 3.63) is 35.1 Å². The van der Waals surface area contributed by atoms with Crippen LogP contribution in [0.15, 0.2) is 18.2 Å². The number of benzene rings is 1. The molecule has 0 aliphatic carbocycles. The lowest BCUT2D eigenvalue weighted by atomic mass is 10.1. The third-order valence-corrected chi connectivity index (χ3v) is 3.80. The summed E-state index contributed by atoms with van der Waals surface area (Å²) in [5.74, 6) is -1.21. The number of halogens is 1. The Balaban J connectivity index is 1.93. The zero-order valence-corrected chi connectivity index (χ0v) is 11.9. The van der Waals surface area contributed by atoms with Crippen molar-refractivity contribution in [2.24, 2.45) is 0 Å². The molecule has 112 valence electrons. The highest BCUT2D eigenvalue weighted by Crippen LogP contribution is 2.14. The molecule has 6 heteroatoms. The summed E-state index contributed by atoms with van der Waals surface area (Å²) in [5, 5.41) is 17.8. The van der Waals surface area contributed by atoms with Crippen molar-refractivity contribution in [2.45, 2.75) is 19.5 Å². The highest BCUT2D eigenvalue weighted by atomic mass is 19.1. The Labute approximate surface area is 123 Å². The number of rotatable bonds is 4. The van der Waals surface area contributed by atoms with Gasteiger partial charge in [-0.05, 0) is 30.7 Å². The van der Waals surface area contributed by atoms with E-state index in [0.29, 0.717) is 25.2 Å². The fourth-order valence-corrected chi connectivity index (χ4v) is 2.53. The molecule has 0 spiro atoms. The Bertz CT molecular complexity index is 563. The zero-order valence-electron chi connectivity index (χ0n) is 11.9. The standard InChI is InChI=1S/C15H18FN3O2/c1-11(15(20)21)19-4-2-18(3-5-19)10-13-6-12(9-17)7-14(16)8-13/h6-8,11H,2-5,10H2,1H3,(H,20,21). The van der Waals surface area contributed by atoms with Crippen LogP contribution in [0.4, 0.5) is 4.39 Å². The molecular formula is C15H18FN3O2. The van der Waals surface area contributed by atoms with Gasteiger partial charge in [0.05, 0.1) is 11.6 Å². The number of piperazine rings is 1. The van der Waals surface area contributed by atoms with Gasteiger partial charge in [0.15, 0.2) is 0 Å². The minimum absolute atomic E-state index is 0.322. The minimum Gasteiger partial charge on any atom is -0.480 e. The van der Waals surface area contributed by atoms with Crippen molar-refractivity contribution in [3.8, 4) is 6.07 Å². The molecule has 0 bridgehead atoms. The maximum absolute atomic E-state index is 13.4. The molecule has 2 rings (SSSR count). The van der Waals surface area contributed by atoms with Crippen molar-refractivity contribution in [2.75, 3.05) is 26.2 Å². The van der Waals surface area contributed by atoms with Gasteiger partial charge in [-0.15, -0.1) is 0 Å².